The zero-order chi connectivity index (χ0) is 26.0. The number of alkyl halides is 3. The topological polar surface area (TPSA) is 55.1 Å². The lowest BCUT2D eigenvalue weighted by molar-refractivity contribution is -0.114. The van der Waals surface area contributed by atoms with Crippen LogP contribution in [0.15, 0.2) is 77.9 Å². The highest BCUT2D eigenvalue weighted by molar-refractivity contribution is 5.93. The number of carbonyl (C=O) groups is 1. The van der Waals surface area contributed by atoms with Crippen LogP contribution < -0.4 is 0 Å². The molecule has 2 saturated carbocycles. The maximum absolute atomic E-state index is 13.2. The predicted molar refractivity (Wildman–Crippen MR) is 134 cm³/mol. The van der Waals surface area contributed by atoms with E-state index in [1.165, 1.54) is 11.1 Å². The minimum absolute atomic E-state index is 0.0288. The average Bonchev–Trinajstić information content (AvgIpc) is 3.49. The molecule has 2 fully saturated rings. The Kier molecular flexibility index (Phi) is 5.64. The Labute approximate surface area is 214 Å². The number of allylic oxidation sites excluding steroid dienone is 5. The number of hydrogen-bond acceptors (Lipinski definition) is 3. The predicted octanol–water partition coefficient (Wildman–Crippen LogP) is 6.62. The van der Waals surface area contributed by atoms with E-state index in [1.54, 1.807) is 12.5 Å². The van der Waals surface area contributed by atoms with Crippen LogP contribution in [0.1, 0.15) is 63.4 Å². The second-order valence-corrected chi connectivity index (χ2v) is 11.4. The quantitative estimate of drug-likeness (QED) is 0.474. The number of fused-ring (bicyclic) bond motifs is 4. The fraction of sp³-hybridized carbons (Fsp3) is 0.467. The van der Waals surface area contributed by atoms with E-state index in [0.717, 1.165) is 42.2 Å². The van der Waals surface area contributed by atoms with Crippen molar-refractivity contribution in [1.29, 1.82) is 0 Å². The number of benzene rings is 1. The molecule has 194 valence electrons. The molecule has 1 aromatic carbocycles. The molecule has 6 rings (SSSR count). The molecular formula is C30H31F3N2O2. The number of aromatic nitrogens is 2. The Morgan fingerprint density at radius 2 is 1.92 bits per heavy atom. The Hall–Kier alpha value is -2.93. The van der Waals surface area contributed by atoms with Gasteiger partial charge in [0.25, 0.3) is 0 Å². The van der Waals surface area contributed by atoms with E-state index in [4.69, 9.17) is 0 Å². The molecule has 0 aliphatic heterocycles. The van der Waals surface area contributed by atoms with Crippen LogP contribution in [-0.2, 0) is 4.79 Å². The van der Waals surface area contributed by atoms with Gasteiger partial charge in [0.1, 0.15) is 0 Å². The smallest absolute Gasteiger partial charge is 0.385 e. The molecule has 1 aromatic heterocycles. The maximum atomic E-state index is 13.2. The van der Waals surface area contributed by atoms with E-state index in [0.29, 0.717) is 25.7 Å². The summed E-state index contributed by atoms with van der Waals surface area (Å²) in [5.74, 6) is 0.426. The fourth-order valence-electron chi connectivity index (χ4n) is 7.79. The van der Waals surface area contributed by atoms with Crippen molar-refractivity contribution in [2.75, 3.05) is 0 Å². The molecule has 4 nitrogen and oxygen atoms in total. The van der Waals surface area contributed by atoms with Gasteiger partial charge in [-0.1, -0.05) is 24.6 Å². The average molecular weight is 509 g/mol. The van der Waals surface area contributed by atoms with Gasteiger partial charge in [-0.25, -0.2) is 4.98 Å². The van der Waals surface area contributed by atoms with Crippen LogP contribution >= 0.6 is 0 Å². The molecule has 2 aromatic rings. The van der Waals surface area contributed by atoms with Crippen LogP contribution in [0.3, 0.4) is 0 Å². The lowest BCUT2D eigenvalue weighted by Crippen LogP contribution is -2.50. The zero-order valence-electron chi connectivity index (χ0n) is 20.8. The zero-order valence-corrected chi connectivity index (χ0v) is 20.8. The third-order valence-electron chi connectivity index (χ3n) is 9.60. The highest BCUT2D eigenvalue weighted by Gasteiger charge is 2.62. The molecule has 5 atom stereocenters. The number of carbonyl (C=O) groups excluding carboxylic acids is 1. The van der Waals surface area contributed by atoms with Crippen molar-refractivity contribution in [1.82, 2.24) is 9.55 Å². The molecular weight excluding hydrogens is 477 g/mol. The first-order chi connectivity index (χ1) is 17.6. The van der Waals surface area contributed by atoms with Gasteiger partial charge in [-0.05, 0) is 91.4 Å². The SMILES string of the molecule is C[C@]12C[C@H](c3ccc(-n4ccnc4)cc3)C3=C4CCC(=O)C=C4CC[C@H]3[C@@H]1CC[C@]2(O)/C=C/C(F)(F)F. The molecule has 4 aliphatic rings. The lowest BCUT2D eigenvalue weighted by Gasteiger charge is -2.54. The molecule has 0 unspecified atom stereocenters. The van der Waals surface area contributed by atoms with Gasteiger partial charge in [-0.3, -0.25) is 4.79 Å². The fourth-order valence-corrected chi connectivity index (χ4v) is 7.79. The summed E-state index contributed by atoms with van der Waals surface area (Å²) >= 11 is 0. The van der Waals surface area contributed by atoms with E-state index in [2.05, 4.69) is 17.1 Å². The van der Waals surface area contributed by atoms with Crippen LogP contribution in [0, 0.1) is 17.3 Å². The van der Waals surface area contributed by atoms with Crippen molar-refractivity contribution >= 4 is 5.78 Å². The molecule has 37 heavy (non-hydrogen) atoms. The van der Waals surface area contributed by atoms with Crippen molar-refractivity contribution in [2.45, 2.75) is 69.6 Å². The number of ketones is 1. The van der Waals surface area contributed by atoms with E-state index >= 15 is 0 Å². The number of imidazole rings is 1. The van der Waals surface area contributed by atoms with Crippen molar-refractivity contribution in [2.24, 2.45) is 17.3 Å². The molecule has 0 amide bonds. The summed E-state index contributed by atoms with van der Waals surface area (Å²) in [7, 11) is 0. The van der Waals surface area contributed by atoms with E-state index in [9.17, 15) is 23.1 Å². The van der Waals surface area contributed by atoms with E-state index < -0.39 is 17.2 Å². The Morgan fingerprint density at radius 3 is 2.62 bits per heavy atom. The van der Waals surface area contributed by atoms with Gasteiger partial charge in [0.15, 0.2) is 5.78 Å². The molecule has 1 heterocycles. The van der Waals surface area contributed by atoms with Gasteiger partial charge in [0, 0.05) is 41.9 Å². The Bertz CT molecular complexity index is 1310. The number of hydrogen-bond donors (Lipinski definition) is 1. The monoisotopic (exact) mass is 508 g/mol. The third kappa shape index (κ3) is 4.02. The first-order valence-corrected chi connectivity index (χ1v) is 13.1. The van der Waals surface area contributed by atoms with Gasteiger partial charge >= 0.3 is 6.18 Å². The van der Waals surface area contributed by atoms with Gasteiger partial charge in [0.05, 0.1) is 11.9 Å². The number of nitrogens with zero attached hydrogens (tertiary/aromatic N) is 2. The van der Waals surface area contributed by atoms with Crippen molar-refractivity contribution in [3.63, 3.8) is 0 Å². The third-order valence-corrected chi connectivity index (χ3v) is 9.60. The Balaban J connectivity index is 1.46. The highest BCUT2D eigenvalue weighted by atomic mass is 19.4. The van der Waals surface area contributed by atoms with Crippen molar-refractivity contribution in [3.8, 4) is 5.69 Å². The summed E-state index contributed by atoms with van der Waals surface area (Å²) in [6.45, 7) is 2.00. The standard InChI is InChI=1S/C30H31F3N2O2/c1-28-17-25(19-2-5-21(6-3-19)35-15-14-34-18-35)27-23-9-7-22(36)16-20(23)4-8-24(27)26(28)10-11-29(28,37)12-13-30(31,32)33/h2-3,5-6,12-16,18,24-26,37H,4,7-11,17H2,1H3/b13-12+/t24-,25+,26-,28-,29-/m0/s1. The number of aliphatic hydroxyl groups is 1. The molecule has 4 aliphatic carbocycles. The van der Waals surface area contributed by atoms with Gasteiger partial charge in [0.2, 0.25) is 0 Å². The summed E-state index contributed by atoms with van der Waals surface area (Å²) in [4.78, 5) is 16.3. The van der Waals surface area contributed by atoms with Crippen molar-refractivity contribution in [3.05, 3.63) is 83.5 Å². The molecule has 0 spiro atoms. The summed E-state index contributed by atoms with van der Waals surface area (Å²) in [6.07, 6.45) is 8.43. The van der Waals surface area contributed by atoms with E-state index in [1.807, 2.05) is 35.9 Å². The molecule has 0 saturated heterocycles. The summed E-state index contributed by atoms with van der Waals surface area (Å²) < 4.78 is 41.4. The van der Waals surface area contributed by atoms with Gasteiger partial charge in [-0.2, -0.15) is 13.2 Å². The number of halogens is 3. The van der Waals surface area contributed by atoms with Crippen LogP contribution in [0.5, 0.6) is 0 Å². The second-order valence-electron chi connectivity index (χ2n) is 11.4. The molecule has 7 heteroatoms. The first kappa shape index (κ1) is 24.4. The van der Waals surface area contributed by atoms with Crippen molar-refractivity contribution < 1.29 is 23.1 Å². The maximum Gasteiger partial charge on any atom is 0.409 e. The second kappa shape index (κ2) is 8.55. The first-order valence-electron chi connectivity index (χ1n) is 13.1. The molecule has 0 bridgehead atoms. The minimum atomic E-state index is -4.46. The summed E-state index contributed by atoms with van der Waals surface area (Å²) in [5, 5.41) is 11.7. The largest absolute Gasteiger partial charge is 0.409 e. The summed E-state index contributed by atoms with van der Waals surface area (Å²) in [5.41, 5.74) is 3.64. The number of rotatable bonds is 3. The lowest BCUT2D eigenvalue weighted by atomic mass is 9.51. The van der Waals surface area contributed by atoms with Gasteiger partial charge < -0.3 is 9.67 Å². The van der Waals surface area contributed by atoms with Crippen LogP contribution in [0.25, 0.3) is 5.69 Å². The minimum Gasteiger partial charge on any atom is -0.385 e. The summed E-state index contributed by atoms with van der Waals surface area (Å²) in [6, 6.07) is 8.28. The molecule has 0 radical (unpaired) electrons. The van der Waals surface area contributed by atoms with Crippen LogP contribution in [0.2, 0.25) is 0 Å². The van der Waals surface area contributed by atoms with E-state index in [-0.39, 0.29) is 29.6 Å². The highest BCUT2D eigenvalue weighted by Crippen LogP contribution is 2.67. The van der Waals surface area contributed by atoms with Crippen LogP contribution in [-0.4, -0.2) is 32.2 Å². The molecule has 1 N–H and O–H groups in total. The van der Waals surface area contributed by atoms with Crippen LogP contribution in [0.4, 0.5) is 13.2 Å². The van der Waals surface area contributed by atoms with Gasteiger partial charge in [-0.15, -0.1) is 0 Å². The Morgan fingerprint density at radius 1 is 1.14 bits per heavy atom. The normalized spacial score (nSPS) is 33.8.